The summed E-state index contributed by atoms with van der Waals surface area (Å²) in [5, 5.41) is 4.56. The van der Waals surface area contributed by atoms with E-state index in [1.807, 2.05) is 27.7 Å². The molecule has 1 aliphatic rings. The van der Waals surface area contributed by atoms with Crippen molar-refractivity contribution >= 4 is 39.2 Å². The van der Waals surface area contributed by atoms with E-state index in [0.717, 1.165) is 27.1 Å². The molecular formula is C21H31N3O2S2. The standard InChI is InChI=1S/C21H31N3O2S2/c1-11(2)24-20(26)18-14(5)15(6)28-19(18)23-21(24)27-10-17(25)22-16-9-7-8-12(3)13(16)4/h11-13,16H,7-10H2,1-6H3,(H,22,25). The van der Waals surface area contributed by atoms with Crippen LogP contribution in [0.25, 0.3) is 10.2 Å². The number of rotatable bonds is 5. The van der Waals surface area contributed by atoms with Crippen LogP contribution in [0.15, 0.2) is 9.95 Å². The van der Waals surface area contributed by atoms with Crippen LogP contribution in [0.3, 0.4) is 0 Å². The third kappa shape index (κ3) is 4.15. The number of hydrogen-bond donors (Lipinski definition) is 1. The van der Waals surface area contributed by atoms with Gasteiger partial charge >= 0.3 is 0 Å². The molecule has 2 heterocycles. The van der Waals surface area contributed by atoms with E-state index in [0.29, 0.717) is 17.0 Å². The van der Waals surface area contributed by atoms with Crippen molar-refractivity contribution in [3.8, 4) is 0 Å². The van der Waals surface area contributed by atoms with Crippen LogP contribution >= 0.6 is 23.1 Å². The van der Waals surface area contributed by atoms with Gasteiger partial charge in [0.2, 0.25) is 5.91 Å². The summed E-state index contributed by atoms with van der Waals surface area (Å²) in [5.41, 5.74) is 1.01. The number of aryl methyl sites for hydroxylation is 2. The van der Waals surface area contributed by atoms with E-state index >= 15 is 0 Å². The van der Waals surface area contributed by atoms with Gasteiger partial charge in [-0.3, -0.25) is 14.2 Å². The second-order valence-corrected chi connectivity index (χ2v) is 10.5. The first kappa shape index (κ1) is 21.4. The van der Waals surface area contributed by atoms with Crippen molar-refractivity contribution in [2.45, 2.75) is 78.0 Å². The van der Waals surface area contributed by atoms with Crippen molar-refractivity contribution in [3.05, 3.63) is 20.8 Å². The number of aromatic nitrogens is 2. The zero-order valence-corrected chi connectivity index (χ0v) is 19.3. The molecule has 0 radical (unpaired) electrons. The van der Waals surface area contributed by atoms with Crippen molar-refractivity contribution in [2.75, 3.05) is 5.75 Å². The molecule has 7 heteroatoms. The predicted molar refractivity (Wildman–Crippen MR) is 119 cm³/mol. The minimum Gasteiger partial charge on any atom is -0.352 e. The molecule has 0 aromatic carbocycles. The molecule has 1 aliphatic carbocycles. The third-order valence-electron chi connectivity index (χ3n) is 6.10. The lowest BCUT2D eigenvalue weighted by Gasteiger charge is -2.34. The van der Waals surface area contributed by atoms with E-state index in [9.17, 15) is 9.59 Å². The van der Waals surface area contributed by atoms with E-state index in [1.165, 1.54) is 24.6 Å². The molecule has 3 unspecified atom stereocenters. The SMILES string of the molecule is Cc1sc2nc(SCC(=O)NC3CCCC(C)C3C)n(C(C)C)c(=O)c2c1C. The van der Waals surface area contributed by atoms with Crippen molar-refractivity contribution < 1.29 is 4.79 Å². The van der Waals surface area contributed by atoms with Gasteiger partial charge in [-0.25, -0.2) is 4.98 Å². The molecule has 1 saturated carbocycles. The fourth-order valence-corrected chi connectivity index (χ4v) is 6.02. The molecule has 154 valence electrons. The maximum atomic E-state index is 13.1. The Kier molecular flexibility index (Phi) is 6.54. The van der Waals surface area contributed by atoms with Gasteiger partial charge in [-0.2, -0.15) is 0 Å². The van der Waals surface area contributed by atoms with E-state index in [-0.39, 0.29) is 29.3 Å². The summed E-state index contributed by atoms with van der Waals surface area (Å²) in [6.07, 6.45) is 3.47. The molecule has 1 fully saturated rings. The van der Waals surface area contributed by atoms with Crippen LogP contribution in [-0.2, 0) is 4.79 Å². The zero-order chi connectivity index (χ0) is 20.6. The normalized spacial score (nSPS) is 22.8. The highest BCUT2D eigenvalue weighted by atomic mass is 32.2. The Morgan fingerprint density at radius 3 is 2.71 bits per heavy atom. The molecule has 5 nitrogen and oxygen atoms in total. The van der Waals surface area contributed by atoms with Gasteiger partial charge in [0.15, 0.2) is 5.16 Å². The summed E-state index contributed by atoms with van der Waals surface area (Å²) < 4.78 is 1.73. The molecule has 28 heavy (non-hydrogen) atoms. The Morgan fingerprint density at radius 1 is 1.32 bits per heavy atom. The number of nitrogens with zero attached hydrogens (tertiary/aromatic N) is 2. The Hall–Kier alpha value is -1.34. The summed E-state index contributed by atoms with van der Waals surface area (Å²) >= 11 is 2.92. The van der Waals surface area contributed by atoms with Crippen LogP contribution < -0.4 is 10.9 Å². The quantitative estimate of drug-likeness (QED) is 0.562. The van der Waals surface area contributed by atoms with Gasteiger partial charge in [-0.15, -0.1) is 11.3 Å². The van der Waals surface area contributed by atoms with Gasteiger partial charge in [-0.1, -0.05) is 38.5 Å². The van der Waals surface area contributed by atoms with Gasteiger partial charge in [0.25, 0.3) is 5.56 Å². The summed E-state index contributed by atoms with van der Waals surface area (Å²) in [6.45, 7) is 12.5. The Bertz CT molecular complexity index is 932. The van der Waals surface area contributed by atoms with Crippen molar-refractivity contribution in [1.82, 2.24) is 14.9 Å². The maximum absolute atomic E-state index is 13.1. The lowest BCUT2D eigenvalue weighted by Crippen LogP contribution is -2.44. The molecule has 3 atom stereocenters. The average Bonchev–Trinajstić information content (AvgIpc) is 2.91. The summed E-state index contributed by atoms with van der Waals surface area (Å²) in [5.74, 6) is 1.46. The molecule has 1 amide bonds. The summed E-state index contributed by atoms with van der Waals surface area (Å²) in [7, 11) is 0. The fourth-order valence-electron chi connectivity index (χ4n) is 4.01. The van der Waals surface area contributed by atoms with E-state index in [2.05, 4.69) is 19.2 Å². The number of thioether (sulfide) groups is 1. The number of amides is 1. The zero-order valence-electron chi connectivity index (χ0n) is 17.7. The first-order valence-corrected chi connectivity index (χ1v) is 11.9. The molecular weight excluding hydrogens is 390 g/mol. The largest absolute Gasteiger partial charge is 0.352 e. The molecule has 2 aromatic heterocycles. The molecule has 0 spiro atoms. The van der Waals surface area contributed by atoms with Crippen LogP contribution in [0.4, 0.5) is 0 Å². The monoisotopic (exact) mass is 421 g/mol. The molecule has 0 saturated heterocycles. The fraction of sp³-hybridized carbons (Fsp3) is 0.667. The predicted octanol–water partition coefficient (Wildman–Crippen LogP) is 4.69. The number of fused-ring (bicyclic) bond motifs is 1. The van der Waals surface area contributed by atoms with Crippen LogP contribution in [0.2, 0.25) is 0 Å². The van der Waals surface area contributed by atoms with Crippen LogP contribution in [0.5, 0.6) is 0 Å². The molecule has 0 bridgehead atoms. The topological polar surface area (TPSA) is 64.0 Å². The van der Waals surface area contributed by atoms with E-state index in [1.54, 1.807) is 15.9 Å². The van der Waals surface area contributed by atoms with Gasteiger partial charge in [0.05, 0.1) is 11.1 Å². The third-order valence-corrected chi connectivity index (χ3v) is 8.16. The minimum atomic E-state index is -0.00576. The first-order chi connectivity index (χ1) is 13.2. The maximum Gasteiger partial charge on any atom is 0.263 e. The number of hydrogen-bond acceptors (Lipinski definition) is 5. The van der Waals surface area contributed by atoms with Crippen molar-refractivity contribution in [3.63, 3.8) is 0 Å². The molecule has 2 aromatic rings. The number of carbonyl (C=O) groups excluding carboxylic acids is 1. The number of thiophene rings is 1. The van der Waals surface area contributed by atoms with E-state index in [4.69, 9.17) is 4.98 Å². The summed E-state index contributed by atoms with van der Waals surface area (Å²) in [4.78, 5) is 32.3. The van der Waals surface area contributed by atoms with Crippen LogP contribution in [0.1, 0.15) is 63.4 Å². The van der Waals surface area contributed by atoms with Gasteiger partial charge in [0.1, 0.15) is 4.83 Å². The highest BCUT2D eigenvalue weighted by Gasteiger charge is 2.28. The Balaban J connectivity index is 1.79. The molecule has 1 N–H and O–H groups in total. The highest BCUT2D eigenvalue weighted by Crippen LogP contribution is 2.31. The smallest absolute Gasteiger partial charge is 0.263 e. The highest BCUT2D eigenvalue weighted by molar-refractivity contribution is 7.99. The Labute approximate surface area is 175 Å². The molecule has 3 rings (SSSR count). The van der Waals surface area contributed by atoms with E-state index < -0.39 is 0 Å². The average molecular weight is 422 g/mol. The first-order valence-electron chi connectivity index (χ1n) is 10.1. The second kappa shape index (κ2) is 8.57. The van der Waals surface area contributed by atoms with Gasteiger partial charge in [0, 0.05) is 17.0 Å². The number of nitrogens with one attached hydrogen (secondary N) is 1. The van der Waals surface area contributed by atoms with Gasteiger partial charge < -0.3 is 5.32 Å². The second-order valence-electron chi connectivity index (χ2n) is 8.36. The summed E-state index contributed by atoms with van der Waals surface area (Å²) in [6, 6.07) is 0.246. The number of carbonyl (C=O) groups is 1. The minimum absolute atomic E-state index is 0.000476. The molecule has 0 aliphatic heterocycles. The Morgan fingerprint density at radius 2 is 2.04 bits per heavy atom. The van der Waals surface area contributed by atoms with Crippen LogP contribution in [-0.4, -0.2) is 27.3 Å². The van der Waals surface area contributed by atoms with Crippen LogP contribution in [0, 0.1) is 25.7 Å². The lowest BCUT2D eigenvalue weighted by atomic mass is 9.78. The van der Waals surface area contributed by atoms with Gasteiger partial charge in [-0.05, 0) is 51.5 Å². The lowest BCUT2D eigenvalue weighted by molar-refractivity contribution is -0.120. The van der Waals surface area contributed by atoms with Crippen molar-refractivity contribution in [1.29, 1.82) is 0 Å². The van der Waals surface area contributed by atoms with Crippen molar-refractivity contribution in [2.24, 2.45) is 11.8 Å².